The number of ether oxygens (including phenoxy) is 1. The van der Waals surface area contributed by atoms with E-state index in [2.05, 4.69) is 10.1 Å². The third-order valence-electron chi connectivity index (χ3n) is 3.16. The van der Waals surface area contributed by atoms with Gasteiger partial charge in [-0.05, 0) is 12.8 Å². The molecule has 1 rings (SSSR count). The van der Waals surface area contributed by atoms with E-state index in [1.165, 1.54) is 7.11 Å². The van der Waals surface area contributed by atoms with Gasteiger partial charge in [0, 0.05) is 0 Å². The first-order valence-corrected chi connectivity index (χ1v) is 5.80. The van der Waals surface area contributed by atoms with Crippen LogP contribution in [0.1, 0.15) is 38.5 Å². The van der Waals surface area contributed by atoms with Gasteiger partial charge >= 0.3 is 12.1 Å². The van der Waals surface area contributed by atoms with Crippen LogP contribution in [0.3, 0.4) is 0 Å². The van der Waals surface area contributed by atoms with E-state index in [-0.39, 0.29) is 0 Å². The molecule has 100 valence electrons. The summed E-state index contributed by atoms with van der Waals surface area (Å²) in [5.41, 5.74) is -1.15. The summed E-state index contributed by atoms with van der Waals surface area (Å²) in [5, 5.41) is 2.37. The van der Waals surface area contributed by atoms with Crippen LogP contribution in [-0.2, 0) is 9.53 Å². The normalized spacial score (nSPS) is 20.7. The van der Waals surface area contributed by atoms with Gasteiger partial charge in [-0.1, -0.05) is 25.7 Å². The topological polar surface area (TPSA) is 38.3 Å². The van der Waals surface area contributed by atoms with E-state index in [0.717, 1.165) is 25.7 Å². The van der Waals surface area contributed by atoms with Gasteiger partial charge in [-0.3, -0.25) is 10.1 Å². The Morgan fingerprint density at radius 1 is 1.24 bits per heavy atom. The third kappa shape index (κ3) is 4.18. The lowest BCUT2D eigenvalue weighted by atomic mass is 9.90. The van der Waals surface area contributed by atoms with Crippen molar-refractivity contribution >= 4 is 5.97 Å². The summed E-state index contributed by atoms with van der Waals surface area (Å²) in [7, 11) is 1.21. The molecule has 0 aromatic carbocycles. The molecule has 0 heterocycles. The summed E-state index contributed by atoms with van der Waals surface area (Å²) < 4.78 is 41.3. The molecule has 0 bridgehead atoms. The highest BCUT2D eigenvalue weighted by atomic mass is 19.4. The molecule has 1 saturated carbocycles. The van der Waals surface area contributed by atoms with Crippen LogP contribution < -0.4 is 5.32 Å². The lowest BCUT2D eigenvalue weighted by molar-refractivity contribution is -0.154. The molecule has 1 fully saturated rings. The van der Waals surface area contributed by atoms with Gasteiger partial charge in [0.15, 0.2) is 0 Å². The van der Waals surface area contributed by atoms with Gasteiger partial charge in [-0.2, -0.15) is 13.2 Å². The number of esters is 1. The molecule has 3 nitrogen and oxygen atoms in total. The minimum atomic E-state index is -4.31. The van der Waals surface area contributed by atoms with Crippen LogP contribution in [0.25, 0.3) is 0 Å². The molecular formula is C11H18F3NO2. The monoisotopic (exact) mass is 253 g/mol. The summed E-state index contributed by atoms with van der Waals surface area (Å²) in [6.45, 7) is -1.15. The molecule has 0 atom stereocenters. The SMILES string of the molecule is COC(=O)C1(NCC(F)(F)F)CCCCCC1. The fourth-order valence-electron chi connectivity index (χ4n) is 2.25. The number of halogens is 3. The van der Waals surface area contributed by atoms with Gasteiger partial charge in [0.05, 0.1) is 13.7 Å². The zero-order valence-corrected chi connectivity index (χ0v) is 9.90. The standard InChI is InChI=1S/C11H18F3NO2/c1-17-9(16)10(15-8-11(12,13)14)6-4-2-3-5-7-10/h15H,2-8H2,1H3. The average Bonchev–Trinajstić information content (AvgIpc) is 2.51. The molecule has 0 spiro atoms. The van der Waals surface area contributed by atoms with Crippen molar-refractivity contribution in [3.63, 3.8) is 0 Å². The number of carbonyl (C=O) groups is 1. The van der Waals surface area contributed by atoms with Crippen molar-refractivity contribution in [2.24, 2.45) is 0 Å². The van der Waals surface area contributed by atoms with Gasteiger partial charge < -0.3 is 4.74 Å². The fourth-order valence-corrected chi connectivity index (χ4v) is 2.25. The van der Waals surface area contributed by atoms with Gasteiger partial charge in [-0.25, -0.2) is 0 Å². The number of carbonyl (C=O) groups excluding carboxylic acids is 1. The van der Waals surface area contributed by atoms with E-state index in [0.29, 0.717) is 12.8 Å². The predicted molar refractivity (Wildman–Crippen MR) is 56.5 cm³/mol. The van der Waals surface area contributed by atoms with E-state index in [9.17, 15) is 18.0 Å². The maximum Gasteiger partial charge on any atom is 0.401 e. The van der Waals surface area contributed by atoms with Crippen LogP contribution in [0.15, 0.2) is 0 Å². The van der Waals surface area contributed by atoms with E-state index in [4.69, 9.17) is 0 Å². The highest BCUT2D eigenvalue weighted by molar-refractivity contribution is 5.80. The zero-order valence-electron chi connectivity index (χ0n) is 9.90. The first-order valence-electron chi connectivity index (χ1n) is 5.80. The van der Waals surface area contributed by atoms with E-state index in [1.54, 1.807) is 0 Å². The highest BCUT2D eigenvalue weighted by Gasteiger charge is 2.42. The second-order valence-corrected chi connectivity index (χ2v) is 4.46. The Kier molecular flexibility index (Phi) is 4.80. The maximum atomic E-state index is 12.2. The van der Waals surface area contributed by atoms with Crippen molar-refractivity contribution in [3.8, 4) is 0 Å². The van der Waals surface area contributed by atoms with Crippen LogP contribution >= 0.6 is 0 Å². The molecule has 0 aliphatic heterocycles. The molecule has 0 unspecified atom stereocenters. The second kappa shape index (κ2) is 5.71. The largest absolute Gasteiger partial charge is 0.468 e. The van der Waals surface area contributed by atoms with Crippen molar-refractivity contribution < 1.29 is 22.7 Å². The zero-order chi connectivity index (χ0) is 12.9. The maximum absolute atomic E-state index is 12.2. The summed E-state index contributed by atoms with van der Waals surface area (Å²) >= 11 is 0. The molecule has 1 N–H and O–H groups in total. The van der Waals surface area contributed by atoms with Gasteiger partial charge in [0.1, 0.15) is 5.54 Å². The third-order valence-corrected chi connectivity index (χ3v) is 3.16. The highest BCUT2D eigenvalue weighted by Crippen LogP contribution is 2.29. The molecule has 17 heavy (non-hydrogen) atoms. The lowest BCUT2D eigenvalue weighted by Crippen LogP contribution is -2.55. The summed E-state index contributed by atoms with van der Waals surface area (Å²) in [5.74, 6) is -0.580. The first kappa shape index (κ1) is 14.3. The number of rotatable bonds is 3. The quantitative estimate of drug-likeness (QED) is 0.620. The molecule has 0 radical (unpaired) electrons. The molecular weight excluding hydrogens is 235 g/mol. The van der Waals surface area contributed by atoms with Crippen LogP contribution in [0.4, 0.5) is 13.2 Å². The van der Waals surface area contributed by atoms with Crippen molar-refractivity contribution in [2.75, 3.05) is 13.7 Å². The molecule has 0 saturated heterocycles. The predicted octanol–water partition coefficient (Wildman–Crippen LogP) is 2.40. The summed E-state index contributed by atoms with van der Waals surface area (Å²) in [4.78, 5) is 11.7. The minimum absolute atomic E-state index is 0.412. The van der Waals surface area contributed by atoms with E-state index in [1.807, 2.05) is 0 Å². The Morgan fingerprint density at radius 3 is 2.18 bits per heavy atom. The molecule has 6 heteroatoms. The van der Waals surface area contributed by atoms with E-state index >= 15 is 0 Å². The Labute approximate surface area is 98.7 Å². The summed E-state index contributed by atoms with van der Waals surface area (Å²) in [6.07, 6.45) is -0.0857. The van der Waals surface area contributed by atoms with Crippen molar-refractivity contribution in [2.45, 2.75) is 50.2 Å². The average molecular weight is 253 g/mol. The van der Waals surface area contributed by atoms with Gasteiger partial charge in [0.25, 0.3) is 0 Å². The molecule has 1 aliphatic rings. The van der Waals surface area contributed by atoms with E-state index < -0.39 is 24.2 Å². The smallest absolute Gasteiger partial charge is 0.401 e. The Hall–Kier alpha value is -0.780. The van der Waals surface area contributed by atoms with Crippen molar-refractivity contribution in [3.05, 3.63) is 0 Å². The molecule has 1 aliphatic carbocycles. The molecule has 0 aromatic heterocycles. The second-order valence-electron chi connectivity index (χ2n) is 4.46. The minimum Gasteiger partial charge on any atom is -0.468 e. The number of hydrogen-bond acceptors (Lipinski definition) is 3. The Balaban J connectivity index is 2.73. The number of alkyl halides is 3. The number of methoxy groups -OCH3 is 1. The molecule has 0 aromatic rings. The summed E-state index contributed by atoms with van der Waals surface area (Å²) in [6, 6.07) is 0. The van der Waals surface area contributed by atoms with Crippen LogP contribution in [-0.4, -0.2) is 31.3 Å². The Morgan fingerprint density at radius 2 is 1.76 bits per heavy atom. The fraction of sp³-hybridized carbons (Fsp3) is 0.909. The van der Waals surface area contributed by atoms with Gasteiger partial charge in [0.2, 0.25) is 0 Å². The van der Waals surface area contributed by atoms with Gasteiger partial charge in [-0.15, -0.1) is 0 Å². The van der Waals surface area contributed by atoms with Crippen LogP contribution in [0.5, 0.6) is 0 Å². The lowest BCUT2D eigenvalue weighted by Gasteiger charge is -2.31. The van der Waals surface area contributed by atoms with Crippen LogP contribution in [0.2, 0.25) is 0 Å². The first-order chi connectivity index (χ1) is 7.90. The Bertz CT molecular complexity index is 258. The number of hydrogen-bond donors (Lipinski definition) is 1. The van der Waals surface area contributed by atoms with Crippen molar-refractivity contribution in [1.29, 1.82) is 0 Å². The number of nitrogens with one attached hydrogen (secondary N) is 1. The van der Waals surface area contributed by atoms with Crippen molar-refractivity contribution in [1.82, 2.24) is 5.32 Å². The van der Waals surface area contributed by atoms with Crippen LogP contribution in [0, 0.1) is 0 Å². The molecule has 0 amide bonds.